The number of aromatic amines is 1. The number of fused-ring (bicyclic) bond motifs is 1. The molecule has 1 aliphatic rings. The van der Waals surface area contributed by atoms with E-state index in [4.69, 9.17) is 9.47 Å². The minimum absolute atomic E-state index is 0.0321. The quantitative estimate of drug-likeness (QED) is 0.363. The minimum Gasteiger partial charge on any atom is -0.488 e. The predicted octanol–water partition coefficient (Wildman–Crippen LogP) is 3.95. The number of carbonyl (C=O) groups is 1. The van der Waals surface area contributed by atoms with Crippen molar-refractivity contribution in [3.8, 4) is 17.1 Å². The van der Waals surface area contributed by atoms with E-state index in [1.807, 2.05) is 61.2 Å². The van der Waals surface area contributed by atoms with Crippen LogP contribution in [0.3, 0.4) is 0 Å². The molecule has 3 aromatic heterocycles. The standard InChI is InChI=1S/C28H33N7O3/c1-18(37-4)19(2)38-22-7-9-29-25(17-22)24-8-10-30-28(33-24)31-21-5-6-23-20(15-21)16-26(32-23)27(36)35-13-11-34(3)12-14-35/h5-10,15-19,32H,11-14H2,1-4H3,(H,30,31,33)/t18?,19-/m1/s1. The molecule has 10 nitrogen and oxygen atoms in total. The number of methoxy groups -OCH3 is 1. The summed E-state index contributed by atoms with van der Waals surface area (Å²) in [5, 5.41) is 4.21. The highest BCUT2D eigenvalue weighted by Gasteiger charge is 2.22. The zero-order valence-electron chi connectivity index (χ0n) is 22.1. The van der Waals surface area contributed by atoms with Gasteiger partial charge in [-0.25, -0.2) is 9.97 Å². The summed E-state index contributed by atoms with van der Waals surface area (Å²) in [6, 6.07) is 13.3. The van der Waals surface area contributed by atoms with Crippen LogP contribution in [0.2, 0.25) is 0 Å². The Kier molecular flexibility index (Phi) is 7.52. The molecule has 0 aliphatic carbocycles. The molecule has 4 heterocycles. The van der Waals surface area contributed by atoms with E-state index in [1.165, 1.54) is 0 Å². The summed E-state index contributed by atoms with van der Waals surface area (Å²) >= 11 is 0. The van der Waals surface area contributed by atoms with E-state index in [0.29, 0.717) is 28.8 Å². The number of aromatic nitrogens is 4. The van der Waals surface area contributed by atoms with E-state index in [2.05, 4.69) is 37.2 Å². The fourth-order valence-electron chi connectivity index (χ4n) is 4.32. The van der Waals surface area contributed by atoms with Crippen LogP contribution in [0, 0.1) is 0 Å². The van der Waals surface area contributed by atoms with Gasteiger partial charge in [-0.2, -0.15) is 0 Å². The highest BCUT2D eigenvalue weighted by Crippen LogP contribution is 2.25. The number of benzene rings is 1. The Morgan fingerprint density at radius 1 is 0.974 bits per heavy atom. The van der Waals surface area contributed by atoms with E-state index in [9.17, 15) is 4.79 Å². The molecule has 198 valence electrons. The molecule has 5 rings (SSSR count). The van der Waals surface area contributed by atoms with Gasteiger partial charge in [-0.15, -0.1) is 0 Å². The first kappa shape index (κ1) is 25.6. The van der Waals surface area contributed by atoms with Crippen LogP contribution in [0.1, 0.15) is 24.3 Å². The molecule has 1 unspecified atom stereocenters. The van der Waals surface area contributed by atoms with E-state index in [1.54, 1.807) is 19.5 Å². The maximum absolute atomic E-state index is 13.0. The fourth-order valence-corrected chi connectivity index (χ4v) is 4.32. The first-order valence-corrected chi connectivity index (χ1v) is 12.8. The number of rotatable bonds is 8. The van der Waals surface area contributed by atoms with Gasteiger partial charge in [-0.3, -0.25) is 9.78 Å². The molecule has 2 N–H and O–H groups in total. The Bertz CT molecular complexity index is 1410. The first-order chi connectivity index (χ1) is 18.4. The van der Waals surface area contributed by atoms with Crippen molar-refractivity contribution in [2.45, 2.75) is 26.1 Å². The van der Waals surface area contributed by atoms with Gasteiger partial charge in [0.1, 0.15) is 17.5 Å². The number of anilines is 2. The van der Waals surface area contributed by atoms with Gasteiger partial charge in [0.25, 0.3) is 5.91 Å². The second-order valence-electron chi connectivity index (χ2n) is 9.61. The van der Waals surface area contributed by atoms with Crippen molar-refractivity contribution in [2.75, 3.05) is 45.7 Å². The third-order valence-electron chi connectivity index (χ3n) is 6.90. The summed E-state index contributed by atoms with van der Waals surface area (Å²) in [4.78, 5) is 33.9. The summed E-state index contributed by atoms with van der Waals surface area (Å²) in [7, 11) is 3.74. The Morgan fingerprint density at radius 2 is 1.76 bits per heavy atom. The third-order valence-corrected chi connectivity index (χ3v) is 6.90. The van der Waals surface area contributed by atoms with Gasteiger partial charge in [-0.1, -0.05) is 0 Å². The number of hydrogen-bond donors (Lipinski definition) is 2. The number of piperazine rings is 1. The molecule has 4 aromatic rings. The number of hydrogen-bond acceptors (Lipinski definition) is 8. The number of carbonyl (C=O) groups excluding carboxylic acids is 1. The van der Waals surface area contributed by atoms with E-state index in [-0.39, 0.29) is 18.1 Å². The molecule has 38 heavy (non-hydrogen) atoms. The Labute approximate surface area is 222 Å². The second-order valence-corrected chi connectivity index (χ2v) is 9.61. The summed E-state index contributed by atoms with van der Waals surface area (Å²) < 4.78 is 11.4. The van der Waals surface area contributed by atoms with Crippen LogP contribution < -0.4 is 10.1 Å². The summed E-state index contributed by atoms with van der Waals surface area (Å²) in [6.07, 6.45) is 3.24. The summed E-state index contributed by atoms with van der Waals surface area (Å²) in [5.41, 5.74) is 3.67. The van der Waals surface area contributed by atoms with Gasteiger partial charge < -0.3 is 29.6 Å². The van der Waals surface area contributed by atoms with Gasteiger partial charge in [0.2, 0.25) is 5.95 Å². The summed E-state index contributed by atoms with van der Waals surface area (Å²) in [5.74, 6) is 1.17. The molecule has 10 heteroatoms. The van der Waals surface area contributed by atoms with Gasteiger partial charge in [0, 0.05) is 68.3 Å². The van der Waals surface area contributed by atoms with Crippen molar-refractivity contribution >= 4 is 28.4 Å². The molecular formula is C28H33N7O3. The largest absolute Gasteiger partial charge is 0.488 e. The number of likely N-dealkylation sites (N-methyl/N-ethyl adjacent to an activating group) is 1. The lowest BCUT2D eigenvalue weighted by Crippen LogP contribution is -2.47. The smallest absolute Gasteiger partial charge is 0.270 e. The number of amides is 1. The second kappa shape index (κ2) is 11.2. The van der Waals surface area contributed by atoms with Gasteiger partial charge in [0.05, 0.1) is 17.5 Å². The summed E-state index contributed by atoms with van der Waals surface area (Å²) in [6.45, 7) is 7.18. The third kappa shape index (κ3) is 5.76. The molecule has 0 spiro atoms. The molecule has 1 amide bonds. The van der Waals surface area contributed by atoms with Crippen molar-refractivity contribution in [1.29, 1.82) is 0 Å². The van der Waals surface area contributed by atoms with Gasteiger partial charge in [0.15, 0.2) is 0 Å². The number of pyridine rings is 1. The normalized spacial score (nSPS) is 15.8. The molecule has 2 atom stereocenters. The lowest BCUT2D eigenvalue weighted by atomic mass is 10.2. The SMILES string of the molecule is COC(C)[C@@H](C)Oc1ccnc(-c2ccnc(Nc3ccc4[nH]c(C(=O)N5CCN(C)CC5)cc4c3)n2)c1. The van der Waals surface area contributed by atoms with Crippen molar-refractivity contribution < 1.29 is 14.3 Å². The lowest BCUT2D eigenvalue weighted by molar-refractivity contribution is 0.0232. The van der Waals surface area contributed by atoms with Crippen LogP contribution in [0.15, 0.2) is 54.9 Å². The van der Waals surface area contributed by atoms with Crippen LogP contribution in [0.4, 0.5) is 11.6 Å². The van der Waals surface area contributed by atoms with E-state index >= 15 is 0 Å². The van der Waals surface area contributed by atoms with Crippen LogP contribution >= 0.6 is 0 Å². The molecule has 1 fully saturated rings. The number of nitrogens with zero attached hydrogens (tertiary/aromatic N) is 5. The maximum atomic E-state index is 13.0. The van der Waals surface area contributed by atoms with Crippen molar-refractivity contribution in [3.05, 3.63) is 60.6 Å². The van der Waals surface area contributed by atoms with Crippen molar-refractivity contribution in [1.82, 2.24) is 29.7 Å². The zero-order chi connectivity index (χ0) is 26.6. The minimum atomic E-state index is -0.112. The van der Waals surface area contributed by atoms with E-state index in [0.717, 1.165) is 42.8 Å². The molecule has 1 aliphatic heterocycles. The Morgan fingerprint density at radius 3 is 2.55 bits per heavy atom. The molecular weight excluding hydrogens is 482 g/mol. The first-order valence-electron chi connectivity index (χ1n) is 12.8. The van der Waals surface area contributed by atoms with E-state index < -0.39 is 0 Å². The van der Waals surface area contributed by atoms with Crippen LogP contribution in [0.5, 0.6) is 5.75 Å². The van der Waals surface area contributed by atoms with Crippen molar-refractivity contribution in [3.63, 3.8) is 0 Å². The Hall–Kier alpha value is -4.02. The Balaban J connectivity index is 1.30. The van der Waals surface area contributed by atoms with Gasteiger partial charge >= 0.3 is 0 Å². The average molecular weight is 516 g/mol. The highest BCUT2D eigenvalue weighted by atomic mass is 16.5. The van der Waals surface area contributed by atoms with Crippen LogP contribution in [-0.2, 0) is 4.74 Å². The maximum Gasteiger partial charge on any atom is 0.270 e. The van der Waals surface area contributed by atoms with Gasteiger partial charge in [-0.05, 0) is 57.3 Å². The average Bonchev–Trinajstić information content (AvgIpc) is 3.36. The van der Waals surface area contributed by atoms with Crippen molar-refractivity contribution in [2.24, 2.45) is 0 Å². The molecule has 0 bridgehead atoms. The van der Waals surface area contributed by atoms with Crippen LogP contribution in [-0.4, -0.2) is 88.2 Å². The molecule has 0 radical (unpaired) electrons. The highest BCUT2D eigenvalue weighted by molar-refractivity contribution is 5.98. The number of ether oxygens (including phenoxy) is 2. The topological polar surface area (TPSA) is 108 Å². The molecule has 1 saturated heterocycles. The van der Waals surface area contributed by atoms with Crippen LogP contribution in [0.25, 0.3) is 22.3 Å². The zero-order valence-corrected chi connectivity index (χ0v) is 22.1. The monoisotopic (exact) mass is 515 g/mol. The molecule has 1 aromatic carbocycles. The number of H-pyrrole nitrogens is 1. The number of nitrogens with one attached hydrogen (secondary N) is 2. The fraction of sp³-hybridized carbons (Fsp3) is 0.357. The predicted molar refractivity (Wildman–Crippen MR) is 147 cm³/mol. The molecule has 0 saturated carbocycles. The lowest BCUT2D eigenvalue weighted by Gasteiger charge is -2.32.